The van der Waals surface area contributed by atoms with Crippen LogP contribution in [0.4, 0.5) is 4.79 Å². The first-order valence-corrected chi connectivity index (χ1v) is 8.47. The number of hydrogen-bond acceptors (Lipinski definition) is 5. The lowest BCUT2D eigenvalue weighted by atomic mass is 9.97. The molecule has 6 heteroatoms. The molecule has 1 atom stereocenters. The molecule has 132 valence electrons. The minimum absolute atomic E-state index is 0.0383. The number of amides is 1. The number of piperidine rings is 1. The van der Waals surface area contributed by atoms with Gasteiger partial charge in [0.15, 0.2) is 5.78 Å². The van der Waals surface area contributed by atoms with Crippen LogP contribution < -0.4 is 5.32 Å². The molecule has 1 aliphatic rings. The second-order valence-corrected chi connectivity index (χ2v) is 7.26. The highest BCUT2D eigenvalue weighted by atomic mass is 16.6. The van der Waals surface area contributed by atoms with Gasteiger partial charge in [-0.25, -0.2) is 4.79 Å². The van der Waals surface area contributed by atoms with Crippen LogP contribution in [0.5, 0.6) is 0 Å². The summed E-state index contributed by atoms with van der Waals surface area (Å²) in [5.41, 5.74) is 0.0177. The Morgan fingerprint density at radius 1 is 1.38 bits per heavy atom. The number of carbonyl (C=O) groups excluding carboxylic acids is 2. The zero-order chi connectivity index (χ0) is 17.6. The van der Waals surface area contributed by atoms with E-state index in [0.717, 1.165) is 25.9 Å². The summed E-state index contributed by atoms with van der Waals surface area (Å²) in [6.45, 7) is 8.19. The molecule has 1 N–H and O–H groups in total. The van der Waals surface area contributed by atoms with E-state index in [1.54, 1.807) is 18.3 Å². The molecule has 0 saturated carbocycles. The highest BCUT2D eigenvalue weighted by Crippen LogP contribution is 2.16. The molecule has 6 nitrogen and oxygen atoms in total. The number of nitrogens with zero attached hydrogens (tertiary/aromatic N) is 2. The lowest BCUT2D eigenvalue weighted by Gasteiger charge is -2.32. The van der Waals surface area contributed by atoms with Crippen molar-refractivity contribution in [3.63, 3.8) is 0 Å². The Kier molecular flexibility index (Phi) is 6.31. The number of rotatable bonds is 5. The van der Waals surface area contributed by atoms with Crippen LogP contribution in [0.3, 0.4) is 0 Å². The van der Waals surface area contributed by atoms with Gasteiger partial charge in [0.1, 0.15) is 11.3 Å². The lowest BCUT2D eigenvalue weighted by molar-refractivity contribution is 0.0504. The van der Waals surface area contributed by atoms with Crippen molar-refractivity contribution in [1.29, 1.82) is 0 Å². The molecule has 0 aromatic carbocycles. The highest BCUT2D eigenvalue weighted by molar-refractivity contribution is 5.95. The van der Waals surface area contributed by atoms with E-state index in [2.05, 4.69) is 15.2 Å². The van der Waals surface area contributed by atoms with E-state index in [9.17, 15) is 9.59 Å². The molecule has 0 aliphatic carbocycles. The predicted molar refractivity (Wildman–Crippen MR) is 92.0 cm³/mol. The Hall–Kier alpha value is -1.95. The van der Waals surface area contributed by atoms with Crippen molar-refractivity contribution in [2.45, 2.75) is 39.2 Å². The third-order valence-electron chi connectivity index (χ3n) is 3.85. The van der Waals surface area contributed by atoms with Gasteiger partial charge in [-0.15, -0.1) is 0 Å². The highest BCUT2D eigenvalue weighted by Gasteiger charge is 2.23. The molecule has 1 aromatic heterocycles. The maximum absolute atomic E-state index is 12.2. The van der Waals surface area contributed by atoms with E-state index in [-0.39, 0.29) is 11.9 Å². The van der Waals surface area contributed by atoms with Crippen LogP contribution in [0, 0.1) is 5.92 Å². The van der Waals surface area contributed by atoms with Crippen molar-refractivity contribution < 1.29 is 14.3 Å². The van der Waals surface area contributed by atoms with Crippen molar-refractivity contribution in [3.8, 4) is 0 Å². The molecular formula is C18H27N3O3. The molecule has 1 amide bonds. The quantitative estimate of drug-likeness (QED) is 0.838. The van der Waals surface area contributed by atoms with Gasteiger partial charge in [0.25, 0.3) is 0 Å². The van der Waals surface area contributed by atoms with Crippen LogP contribution in [-0.2, 0) is 4.74 Å². The smallest absolute Gasteiger partial charge is 0.407 e. The van der Waals surface area contributed by atoms with Gasteiger partial charge in [0, 0.05) is 19.3 Å². The average molecular weight is 333 g/mol. The van der Waals surface area contributed by atoms with Crippen molar-refractivity contribution in [2.24, 2.45) is 5.92 Å². The van der Waals surface area contributed by atoms with Crippen LogP contribution in [0.2, 0.25) is 0 Å². The van der Waals surface area contributed by atoms with Crippen molar-refractivity contribution >= 4 is 11.9 Å². The Morgan fingerprint density at radius 2 is 2.17 bits per heavy atom. The van der Waals surface area contributed by atoms with Crippen molar-refractivity contribution in [2.75, 3.05) is 26.2 Å². The third-order valence-corrected chi connectivity index (χ3v) is 3.85. The first kappa shape index (κ1) is 18.4. The zero-order valence-electron chi connectivity index (χ0n) is 14.7. The topological polar surface area (TPSA) is 71.5 Å². The Bertz CT molecular complexity index is 554. The largest absolute Gasteiger partial charge is 0.444 e. The van der Waals surface area contributed by atoms with Crippen molar-refractivity contribution in [1.82, 2.24) is 15.2 Å². The Balaban J connectivity index is 1.77. The minimum Gasteiger partial charge on any atom is -0.444 e. The van der Waals surface area contributed by atoms with E-state index in [0.29, 0.717) is 24.7 Å². The fraction of sp³-hybridized carbons (Fsp3) is 0.611. The van der Waals surface area contributed by atoms with E-state index in [1.165, 1.54) is 0 Å². The average Bonchev–Trinajstić information content (AvgIpc) is 2.52. The third kappa shape index (κ3) is 6.28. The lowest BCUT2D eigenvalue weighted by Crippen LogP contribution is -2.43. The van der Waals surface area contributed by atoms with Crippen LogP contribution >= 0.6 is 0 Å². The van der Waals surface area contributed by atoms with Gasteiger partial charge in [-0.2, -0.15) is 0 Å². The molecule has 0 radical (unpaired) electrons. The van der Waals surface area contributed by atoms with Gasteiger partial charge in [0.2, 0.25) is 0 Å². The number of Topliss-reactive ketones (excluding diaryl/α,β-unsaturated/α-hetero) is 1. The van der Waals surface area contributed by atoms with E-state index < -0.39 is 5.60 Å². The Morgan fingerprint density at radius 3 is 2.83 bits per heavy atom. The van der Waals surface area contributed by atoms with Gasteiger partial charge >= 0.3 is 6.09 Å². The predicted octanol–water partition coefficient (Wildman–Crippen LogP) is 2.50. The first-order chi connectivity index (χ1) is 11.3. The number of likely N-dealkylation sites (tertiary alicyclic amines) is 1. The summed E-state index contributed by atoms with van der Waals surface area (Å²) >= 11 is 0. The molecular weight excluding hydrogens is 306 g/mol. The van der Waals surface area contributed by atoms with Gasteiger partial charge in [-0.3, -0.25) is 14.7 Å². The fourth-order valence-electron chi connectivity index (χ4n) is 2.82. The molecule has 1 aromatic rings. The maximum atomic E-state index is 12.2. The van der Waals surface area contributed by atoms with Gasteiger partial charge in [-0.1, -0.05) is 6.07 Å². The fourth-order valence-corrected chi connectivity index (χ4v) is 2.82. The summed E-state index contributed by atoms with van der Waals surface area (Å²) in [7, 11) is 0. The SMILES string of the molecule is CC(C)(C)OC(=O)NC[C@@H]1CCCN(CC(=O)c2ccccn2)C1. The summed E-state index contributed by atoms with van der Waals surface area (Å²) in [5.74, 6) is 0.374. The zero-order valence-corrected chi connectivity index (χ0v) is 14.7. The number of carbonyl (C=O) groups is 2. The molecule has 24 heavy (non-hydrogen) atoms. The van der Waals surface area contributed by atoms with Crippen LogP contribution in [0.15, 0.2) is 24.4 Å². The molecule has 0 spiro atoms. The van der Waals surface area contributed by atoms with Gasteiger partial charge in [-0.05, 0) is 58.2 Å². The summed E-state index contributed by atoms with van der Waals surface area (Å²) < 4.78 is 5.25. The number of ether oxygens (including phenoxy) is 1. The number of ketones is 1. The monoisotopic (exact) mass is 333 g/mol. The number of pyridine rings is 1. The van der Waals surface area contributed by atoms with E-state index in [4.69, 9.17) is 4.74 Å². The second kappa shape index (κ2) is 8.24. The van der Waals surface area contributed by atoms with Gasteiger partial charge in [0.05, 0.1) is 6.54 Å². The molecule has 0 bridgehead atoms. The summed E-state index contributed by atoms with van der Waals surface area (Å²) in [6, 6.07) is 5.37. The number of nitrogens with one attached hydrogen (secondary N) is 1. The van der Waals surface area contributed by atoms with Crippen LogP contribution in [0.25, 0.3) is 0 Å². The van der Waals surface area contributed by atoms with E-state index >= 15 is 0 Å². The molecule has 1 aliphatic heterocycles. The molecule has 2 heterocycles. The van der Waals surface area contributed by atoms with Crippen LogP contribution in [0.1, 0.15) is 44.1 Å². The number of aromatic nitrogens is 1. The second-order valence-electron chi connectivity index (χ2n) is 7.26. The maximum Gasteiger partial charge on any atom is 0.407 e. The molecule has 1 fully saturated rings. The molecule has 2 rings (SSSR count). The Labute approximate surface area is 143 Å². The van der Waals surface area contributed by atoms with Gasteiger partial charge < -0.3 is 10.1 Å². The summed E-state index contributed by atoms with van der Waals surface area (Å²) in [5, 5.41) is 2.83. The normalized spacial score (nSPS) is 18.9. The minimum atomic E-state index is -0.488. The molecule has 1 saturated heterocycles. The van der Waals surface area contributed by atoms with Crippen molar-refractivity contribution in [3.05, 3.63) is 30.1 Å². The number of alkyl carbamates (subject to hydrolysis) is 1. The number of hydrogen-bond donors (Lipinski definition) is 1. The standard InChI is InChI=1S/C18H27N3O3/c1-18(2,3)24-17(23)20-11-14-7-6-10-21(12-14)13-16(22)15-8-4-5-9-19-15/h4-5,8-9,14H,6-7,10-13H2,1-3H3,(H,20,23)/t14-/m0/s1. The van der Waals surface area contributed by atoms with Crippen LogP contribution in [-0.4, -0.2) is 53.5 Å². The molecule has 0 unspecified atom stereocenters. The first-order valence-electron chi connectivity index (χ1n) is 8.47. The van der Waals surface area contributed by atoms with E-state index in [1.807, 2.05) is 26.8 Å². The summed E-state index contributed by atoms with van der Waals surface area (Å²) in [4.78, 5) is 30.2. The summed E-state index contributed by atoms with van der Waals surface area (Å²) in [6.07, 6.45) is 3.32.